The minimum absolute atomic E-state index is 0.0157. The molecule has 0 spiro atoms. The highest BCUT2D eigenvalue weighted by atomic mass is 32.1. The third-order valence-corrected chi connectivity index (χ3v) is 6.60. The minimum atomic E-state index is -0.374. The average molecular weight is 369 g/mol. The number of carbonyl (C=O) groups excluding carboxylic acids is 1. The zero-order valence-electron chi connectivity index (χ0n) is 14.9. The molecule has 0 bridgehead atoms. The lowest BCUT2D eigenvalue weighted by atomic mass is 9.83. The van der Waals surface area contributed by atoms with E-state index in [1.165, 1.54) is 0 Å². The smallest absolute Gasteiger partial charge is 0.275 e. The van der Waals surface area contributed by atoms with Crippen molar-refractivity contribution in [3.8, 4) is 0 Å². The van der Waals surface area contributed by atoms with Crippen molar-refractivity contribution < 1.29 is 4.79 Å². The number of carbonyl (C=O) groups is 1. The summed E-state index contributed by atoms with van der Waals surface area (Å²) in [4.78, 5) is 26.8. The van der Waals surface area contributed by atoms with E-state index in [0.717, 1.165) is 35.9 Å². The molecule has 0 aromatic carbocycles. The van der Waals surface area contributed by atoms with Gasteiger partial charge < -0.3 is 14.5 Å². The maximum absolute atomic E-state index is 13.0. The van der Waals surface area contributed by atoms with E-state index >= 15 is 0 Å². The summed E-state index contributed by atoms with van der Waals surface area (Å²) in [5.41, 5.74) is 0.309. The number of aromatic nitrogens is 2. The molecule has 0 unspecified atom stereocenters. The molecule has 5 nitrogen and oxygen atoms in total. The van der Waals surface area contributed by atoms with E-state index in [1.807, 2.05) is 41.4 Å². The highest BCUT2D eigenvalue weighted by Gasteiger charge is 2.43. The van der Waals surface area contributed by atoms with Gasteiger partial charge in [-0.3, -0.25) is 9.59 Å². The number of pyridine rings is 1. The number of nitrogens with zero attached hydrogens (tertiary/aromatic N) is 2. The van der Waals surface area contributed by atoms with Crippen LogP contribution in [-0.4, -0.2) is 21.6 Å². The van der Waals surface area contributed by atoms with Crippen LogP contribution in [0.3, 0.4) is 0 Å². The summed E-state index contributed by atoms with van der Waals surface area (Å²) >= 11 is 1.66. The number of hydrogen-bond donors (Lipinski definition) is 1. The summed E-state index contributed by atoms with van der Waals surface area (Å²) in [5, 5.41) is 6.07. The Kier molecular flexibility index (Phi) is 4.44. The number of fused-ring (bicyclic) bond motifs is 1. The molecule has 1 N–H and O–H groups in total. The van der Waals surface area contributed by atoms with E-state index in [2.05, 4.69) is 11.4 Å². The minimum Gasteiger partial charge on any atom is -0.354 e. The first-order chi connectivity index (χ1) is 12.6. The highest BCUT2D eigenvalue weighted by molar-refractivity contribution is 7.10. The van der Waals surface area contributed by atoms with E-state index in [-0.39, 0.29) is 16.9 Å². The van der Waals surface area contributed by atoms with Crippen LogP contribution in [0, 0.1) is 0 Å². The summed E-state index contributed by atoms with van der Waals surface area (Å²) in [6.45, 7) is 0.939. The van der Waals surface area contributed by atoms with Gasteiger partial charge in [0.1, 0.15) is 5.52 Å². The SMILES string of the molecule is Cn1ccc2ccn(CCNC(=O)C3(c4cccs4)CCCC3)c(=O)c21. The molecule has 4 rings (SSSR count). The Morgan fingerprint density at radius 2 is 2.00 bits per heavy atom. The van der Waals surface area contributed by atoms with E-state index in [9.17, 15) is 9.59 Å². The van der Waals surface area contributed by atoms with E-state index in [1.54, 1.807) is 22.1 Å². The number of nitrogens with one attached hydrogen (secondary N) is 1. The van der Waals surface area contributed by atoms with Crippen molar-refractivity contribution in [2.24, 2.45) is 7.05 Å². The fourth-order valence-electron chi connectivity index (χ4n) is 4.08. The first-order valence-corrected chi connectivity index (χ1v) is 9.96. The molecule has 26 heavy (non-hydrogen) atoms. The fourth-order valence-corrected chi connectivity index (χ4v) is 5.07. The van der Waals surface area contributed by atoms with E-state index in [4.69, 9.17) is 0 Å². The number of hydrogen-bond acceptors (Lipinski definition) is 3. The first kappa shape index (κ1) is 17.1. The van der Waals surface area contributed by atoms with Crippen molar-refractivity contribution in [1.29, 1.82) is 0 Å². The Labute approximate surface area is 156 Å². The molecule has 1 amide bonds. The van der Waals surface area contributed by atoms with Gasteiger partial charge in [0.15, 0.2) is 0 Å². The molecular formula is C20H23N3O2S. The predicted molar refractivity (Wildman–Crippen MR) is 105 cm³/mol. The van der Waals surface area contributed by atoms with Gasteiger partial charge in [0.25, 0.3) is 5.56 Å². The van der Waals surface area contributed by atoms with Gasteiger partial charge in [-0.25, -0.2) is 0 Å². The second-order valence-electron chi connectivity index (χ2n) is 7.07. The van der Waals surface area contributed by atoms with Crippen molar-refractivity contribution in [3.05, 3.63) is 57.3 Å². The molecule has 6 heteroatoms. The second kappa shape index (κ2) is 6.76. The van der Waals surface area contributed by atoms with Crippen molar-refractivity contribution in [2.45, 2.75) is 37.6 Å². The lowest BCUT2D eigenvalue weighted by Crippen LogP contribution is -2.43. The van der Waals surface area contributed by atoms with Gasteiger partial charge in [-0.1, -0.05) is 18.9 Å². The summed E-state index contributed by atoms with van der Waals surface area (Å²) in [7, 11) is 1.88. The molecule has 1 aliphatic carbocycles. The van der Waals surface area contributed by atoms with Crippen LogP contribution in [0.1, 0.15) is 30.6 Å². The monoisotopic (exact) mass is 369 g/mol. The molecule has 136 valence electrons. The van der Waals surface area contributed by atoms with Gasteiger partial charge in [0, 0.05) is 42.8 Å². The zero-order chi connectivity index (χ0) is 18.1. The Bertz CT molecular complexity index is 978. The van der Waals surface area contributed by atoms with Crippen molar-refractivity contribution in [2.75, 3.05) is 6.54 Å². The van der Waals surface area contributed by atoms with Crippen molar-refractivity contribution in [3.63, 3.8) is 0 Å². The average Bonchev–Trinajstić information content (AvgIpc) is 3.37. The fraction of sp³-hybridized carbons (Fsp3) is 0.400. The molecule has 0 atom stereocenters. The van der Waals surface area contributed by atoms with Crippen LogP contribution < -0.4 is 10.9 Å². The topological polar surface area (TPSA) is 56.0 Å². The van der Waals surface area contributed by atoms with Gasteiger partial charge in [0.05, 0.1) is 5.41 Å². The predicted octanol–water partition coefficient (Wildman–Crippen LogP) is 3.03. The number of rotatable bonds is 5. The van der Waals surface area contributed by atoms with Crippen LogP contribution in [0.25, 0.3) is 10.9 Å². The van der Waals surface area contributed by atoms with Crippen LogP contribution in [0.15, 0.2) is 46.8 Å². The summed E-state index contributed by atoms with van der Waals surface area (Å²) in [5.74, 6) is 0.102. The lowest BCUT2D eigenvalue weighted by Gasteiger charge is -2.26. The lowest BCUT2D eigenvalue weighted by molar-refractivity contribution is -0.126. The molecule has 3 heterocycles. The normalized spacial score (nSPS) is 16.2. The molecule has 1 aliphatic rings. The van der Waals surface area contributed by atoms with Crippen molar-refractivity contribution in [1.82, 2.24) is 14.5 Å². The van der Waals surface area contributed by atoms with Gasteiger partial charge >= 0.3 is 0 Å². The molecule has 1 saturated carbocycles. The summed E-state index contributed by atoms with van der Waals surface area (Å²) in [6.07, 6.45) is 7.71. The molecule has 1 fully saturated rings. The van der Waals surface area contributed by atoms with Gasteiger partial charge in [-0.15, -0.1) is 11.3 Å². The molecule has 3 aromatic rings. The Balaban J connectivity index is 1.48. The molecule has 0 aliphatic heterocycles. The standard InChI is InChI=1S/C20H23N3O2S/c1-22-11-6-15-7-12-23(18(24)17(15)22)13-10-21-19(25)20(8-2-3-9-20)16-5-4-14-26-16/h4-7,11-12,14H,2-3,8-10,13H2,1H3,(H,21,25). The third-order valence-electron chi connectivity index (χ3n) is 5.52. The highest BCUT2D eigenvalue weighted by Crippen LogP contribution is 2.43. The number of thiophene rings is 1. The van der Waals surface area contributed by atoms with Gasteiger partial charge in [-0.05, 0) is 36.4 Å². The Morgan fingerprint density at radius 3 is 2.73 bits per heavy atom. The second-order valence-corrected chi connectivity index (χ2v) is 8.01. The number of amides is 1. The van der Waals surface area contributed by atoms with E-state index in [0.29, 0.717) is 18.6 Å². The summed E-state index contributed by atoms with van der Waals surface area (Å²) in [6, 6.07) is 7.97. The molecular weight excluding hydrogens is 346 g/mol. The van der Waals surface area contributed by atoms with Gasteiger partial charge in [-0.2, -0.15) is 0 Å². The van der Waals surface area contributed by atoms with Crippen LogP contribution in [-0.2, 0) is 23.8 Å². The van der Waals surface area contributed by atoms with Crippen LogP contribution in [0.5, 0.6) is 0 Å². The third kappa shape index (κ3) is 2.78. The quantitative estimate of drug-likeness (QED) is 0.752. The first-order valence-electron chi connectivity index (χ1n) is 9.09. The van der Waals surface area contributed by atoms with Crippen LogP contribution in [0.2, 0.25) is 0 Å². The molecule has 0 radical (unpaired) electrons. The molecule has 0 saturated heterocycles. The Hall–Kier alpha value is -2.34. The molecule has 3 aromatic heterocycles. The van der Waals surface area contributed by atoms with Gasteiger partial charge in [0.2, 0.25) is 5.91 Å². The van der Waals surface area contributed by atoms with Crippen molar-refractivity contribution >= 4 is 28.1 Å². The number of aryl methyl sites for hydroxylation is 1. The van der Waals surface area contributed by atoms with E-state index < -0.39 is 0 Å². The zero-order valence-corrected chi connectivity index (χ0v) is 15.7. The van der Waals surface area contributed by atoms with Crippen LogP contribution >= 0.6 is 11.3 Å². The maximum atomic E-state index is 13.0. The van der Waals surface area contributed by atoms with Crippen LogP contribution in [0.4, 0.5) is 0 Å². The summed E-state index contributed by atoms with van der Waals surface area (Å²) < 4.78 is 3.52. The maximum Gasteiger partial charge on any atom is 0.275 e. The Morgan fingerprint density at radius 1 is 1.23 bits per heavy atom. The largest absolute Gasteiger partial charge is 0.354 e.